The van der Waals surface area contributed by atoms with Crippen LogP contribution < -0.4 is 4.74 Å². The Balaban J connectivity index is 2.75. The van der Waals surface area contributed by atoms with Crippen LogP contribution in [0.15, 0.2) is 35.9 Å². The highest BCUT2D eigenvalue weighted by atomic mass is 16.6. The monoisotopic (exact) mass is 276 g/mol. The quantitative estimate of drug-likeness (QED) is 0.583. The highest BCUT2D eigenvalue weighted by molar-refractivity contribution is 5.78. The van der Waals surface area contributed by atoms with Crippen molar-refractivity contribution >= 4 is 5.97 Å². The Bertz CT molecular complexity index is 487. The molecule has 0 N–H and O–H groups in total. The largest absolute Gasteiger partial charge is 0.476 e. The van der Waals surface area contributed by atoms with Crippen molar-refractivity contribution in [1.29, 1.82) is 0 Å². The van der Waals surface area contributed by atoms with Crippen molar-refractivity contribution in [1.82, 2.24) is 0 Å². The van der Waals surface area contributed by atoms with E-state index in [0.717, 1.165) is 12.8 Å². The van der Waals surface area contributed by atoms with Gasteiger partial charge in [-0.05, 0) is 58.2 Å². The molecule has 3 nitrogen and oxygen atoms in total. The Morgan fingerprint density at radius 3 is 2.65 bits per heavy atom. The highest BCUT2D eigenvalue weighted by Gasteiger charge is 2.31. The van der Waals surface area contributed by atoms with Crippen LogP contribution in [-0.4, -0.2) is 18.7 Å². The van der Waals surface area contributed by atoms with Crippen molar-refractivity contribution in [2.75, 3.05) is 7.11 Å². The average Bonchev–Trinajstić information content (AvgIpc) is 2.43. The van der Waals surface area contributed by atoms with Gasteiger partial charge in [0.15, 0.2) is 5.60 Å². The number of aryl methyl sites for hydroxylation is 1. The molecule has 110 valence electrons. The Labute approximate surface area is 121 Å². The van der Waals surface area contributed by atoms with Gasteiger partial charge in [-0.2, -0.15) is 0 Å². The van der Waals surface area contributed by atoms with E-state index in [9.17, 15) is 4.79 Å². The van der Waals surface area contributed by atoms with Crippen molar-refractivity contribution in [2.24, 2.45) is 0 Å². The zero-order valence-electron chi connectivity index (χ0n) is 13.0. The summed E-state index contributed by atoms with van der Waals surface area (Å²) in [6, 6.07) is 7.86. The van der Waals surface area contributed by atoms with E-state index in [1.165, 1.54) is 18.2 Å². The second-order valence-corrected chi connectivity index (χ2v) is 5.39. The lowest BCUT2D eigenvalue weighted by Crippen LogP contribution is -2.39. The summed E-state index contributed by atoms with van der Waals surface area (Å²) in [4.78, 5) is 11.6. The number of esters is 1. The van der Waals surface area contributed by atoms with Gasteiger partial charge in [-0.15, -0.1) is 0 Å². The number of hydrogen-bond acceptors (Lipinski definition) is 3. The van der Waals surface area contributed by atoms with E-state index in [0.29, 0.717) is 5.75 Å². The van der Waals surface area contributed by atoms with Crippen LogP contribution in [0.1, 0.15) is 39.7 Å². The predicted octanol–water partition coefficient (Wildman–Crippen LogP) is 3.92. The smallest absolute Gasteiger partial charge is 0.349 e. The molecule has 0 aromatic heterocycles. The summed E-state index contributed by atoms with van der Waals surface area (Å²) in [6.07, 6.45) is 4.12. The second kappa shape index (κ2) is 7.13. The molecule has 3 heteroatoms. The van der Waals surface area contributed by atoms with Gasteiger partial charge in [0.05, 0.1) is 7.11 Å². The maximum Gasteiger partial charge on any atom is 0.349 e. The Kier molecular flexibility index (Phi) is 5.81. The van der Waals surface area contributed by atoms with Crippen molar-refractivity contribution < 1.29 is 14.3 Å². The SMILES string of the molecule is CC=C(C)CCc1cccc(OC(C)(C)C(=O)OC)c1. The fourth-order valence-electron chi connectivity index (χ4n) is 1.83. The zero-order chi connectivity index (χ0) is 15.2. The van der Waals surface area contributed by atoms with Gasteiger partial charge < -0.3 is 9.47 Å². The molecule has 0 radical (unpaired) electrons. The molecule has 0 atom stereocenters. The summed E-state index contributed by atoms with van der Waals surface area (Å²) in [7, 11) is 1.36. The molecule has 1 rings (SSSR count). The van der Waals surface area contributed by atoms with Crippen LogP contribution in [0.5, 0.6) is 5.75 Å². The number of allylic oxidation sites excluding steroid dienone is 2. The van der Waals surface area contributed by atoms with Crippen LogP contribution in [0.3, 0.4) is 0 Å². The van der Waals surface area contributed by atoms with E-state index in [1.807, 2.05) is 25.1 Å². The van der Waals surface area contributed by atoms with Crippen LogP contribution in [0.25, 0.3) is 0 Å². The summed E-state index contributed by atoms with van der Waals surface area (Å²) in [5.74, 6) is 0.309. The number of hydrogen-bond donors (Lipinski definition) is 0. The van der Waals surface area contributed by atoms with Gasteiger partial charge in [-0.3, -0.25) is 0 Å². The van der Waals surface area contributed by atoms with Gasteiger partial charge in [0.2, 0.25) is 0 Å². The molecule has 0 bridgehead atoms. The first-order chi connectivity index (χ1) is 9.39. The van der Waals surface area contributed by atoms with Gasteiger partial charge in [-0.1, -0.05) is 23.8 Å². The molecule has 0 unspecified atom stereocenters. The first-order valence-electron chi connectivity index (χ1n) is 6.87. The van der Waals surface area contributed by atoms with Gasteiger partial charge >= 0.3 is 5.97 Å². The number of methoxy groups -OCH3 is 1. The first kappa shape index (κ1) is 16.3. The number of carbonyl (C=O) groups is 1. The molecule has 0 aliphatic carbocycles. The molecule has 0 spiro atoms. The second-order valence-electron chi connectivity index (χ2n) is 5.39. The molecule has 0 saturated heterocycles. The third-order valence-corrected chi connectivity index (χ3v) is 3.25. The topological polar surface area (TPSA) is 35.5 Å². The third kappa shape index (κ3) is 4.72. The zero-order valence-corrected chi connectivity index (χ0v) is 13.0. The Morgan fingerprint density at radius 1 is 1.35 bits per heavy atom. The van der Waals surface area contributed by atoms with E-state index >= 15 is 0 Å². The Hall–Kier alpha value is -1.77. The lowest BCUT2D eigenvalue weighted by molar-refractivity contribution is -0.156. The molecule has 0 aliphatic rings. The van der Waals surface area contributed by atoms with Gasteiger partial charge in [-0.25, -0.2) is 4.79 Å². The summed E-state index contributed by atoms with van der Waals surface area (Å²) in [5, 5.41) is 0. The van der Waals surface area contributed by atoms with Crippen LogP contribution in [0, 0.1) is 0 Å². The number of carbonyl (C=O) groups excluding carboxylic acids is 1. The van der Waals surface area contributed by atoms with E-state index in [2.05, 4.69) is 19.1 Å². The summed E-state index contributed by atoms with van der Waals surface area (Å²) < 4.78 is 10.5. The van der Waals surface area contributed by atoms with Crippen LogP contribution >= 0.6 is 0 Å². The molecule has 1 aromatic carbocycles. The number of ether oxygens (including phenoxy) is 2. The Morgan fingerprint density at radius 2 is 2.05 bits per heavy atom. The maximum atomic E-state index is 11.6. The van der Waals surface area contributed by atoms with Crippen molar-refractivity contribution in [3.63, 3.8) is 0 Å². The van der Waals surface area contributed by atoms with E-state index < -0.39 is 5.60 Å². The minimum atomic E-state index is -0.980. The van der Waals surface area contributed by atoms with Gasteiger partial charge in [0, 0.05) is 0 Å². The highest BCUT2D eigenvalue weighted by Crippen LogP contribution is 2.22. The molecule has 0 fully saturated rings. The molecular weight excluding hydrogens is 252 g/mol. The maximum absolute atomic E-state index is 11.6. The average molecular weight is 276 g/mol. The fourth-order valence-corrected chi connectivity index (χ4v) is 1.83. The van der Waals surface area contributed by atoms with E-state index in [1.54, 1.807) is 13.8 Å². The summed E-state index contributed by atoms with van der Waals surface area (Å²) in [5.41, 5.74) is 1.59. The van der Waals surface area contributed by atoms with Crippen LogP contribution in [0.2, 0.25) is 0 Å². The molecule has 20 heavy (non-hydrogen) atoms. The lowest BCUT2D eigenvalue weighted by Gasteiger charge is -2.23. The standard InChI is InChI=1S/C17H24O3/c1-6-13(2)10-11-14-8-7-9-15(12-14)20-17(3,4)16(18)19-5/h6-9,12H,10-11H2,1-5H3. The normalized spacial score (nSPS) is 12.2. The number of benzene rings is 1. The van der Waals surface area contributed by atoms with Gasteiger partial charge in [0.25, 0.3) is 0 Å². The minimum absolute atomic E-state index is 0.382. The molecule has 0 aliphatic heterocycles. The van der Waals surface area contributed by atoms with Gasteiger partial charge in [0.1, 0.15) is 5.75 Å². The van der Waals surface area contributed by atoms with Crippen LogP contribution in [0.4, 0.5) is 0 Å². The number of rotatable bonds is 6. The summed E-state index contributed by atoms with van der Waals surface area (Å²) in [6.45, 7) is 7.58. The van der Waals surface area contributed by atoms with Crippen molar-refractivity contribution in [2.45, 2.75) is 46.1 Å². The van der Waals surface area contributed by atoms with E-state index in [4.69, 9.17) is 9.47 Å². The summed E-state index contributed by atoms with van der Waals surface area (Å²) >= 11 is 0. The van der Waals surface area contributed by atoms with Crippen molar-refractivity contribution in [3.8, 4) is 5.75 Å². The van der Waals surface area contributed by atoms with E-state index in [-0.39, 0.29) is 5.97 Å². The van der Waals surface area contributed by atoms with Crippen molar-refractivity contribution in [3.05, 3.63) is 41.5 Å². The lowest BCUT2D eigenvalue weighted by atomic mass is 10.0. The third-order valence-electron chi connectivity index (χ3n) is 3.25. The minimum Gasteiger partial charge on any atom is -0.476 e. The predicted molar refractivity (Wildman–Crippen MR) is 80.9 cm³/mol. The first-order valence-corrected chi connectivity index (χ1v) is 6.87. The molecule has 0 saturated carbocycles. The van der Waals surface area contributed by atoms with Crippen LogP contribution in [-0.2, 0) is 16.0 Å². The molecule has 0 amide bonds. The fraction of sp³-hybridized carbons (Fsp3) is 0.471. The molecule has 0 heterocycles. The molecule has 1 aromatic rings. The molecular formula is C17H24O3.